The summed E-state index contributed by atoms with van der Waals surface area (Å²) < 4.78 is 8.51. The van der Waals surface area contributed by atoms with Crippen LogP contribution in [0, 0.1) is 6.92 Å². The summed E-state index contributed by atoms with van der Waals surface area (Å²) in [6.07, 6.45) is 1.65. The monoisotopic (exact) mass is 462 g/mol. The molecule has 0 radical (unpaired) electrons. The van der Waals surface area contributed by atoms with Gasteiger partial charge in [0.05, 0.1) is 32.4 Å². The van der Waals surface area contributed by atoms with Crippen LogP contribution in [0.5, 0.6) is 0 Å². The Morgan fingerprint density at radius 1 is 1.24 bits per heavy atom. The average Bonchev–Trinajstić information content (AvgIpc) is 2.84. The highest BCUT2D eigenvalue weighted by atomic mass is 16.5. The van der Waals surface area contributed by atoms with Gasteiger partial charge >= 0.3 is 0 Å². The van der Waals surface area contributed by atoms with E-state index in [4.69, 9.17) is 20.6 Å². The van der Waals surface area contributed by atoms with Gasteiger partial charge in [0, 0.05) is 11.8 Å². The van der Waals surface area contributed by atoms with Gasteiger partial charge in [0.2, 0.25) is 11.5 Å². The molecule has 9 heteroatoms. The second-order valence-electron chi connectivity index (χ2n) is 8.08. The van der Waals surface area contributed by atoms with Gasteiger partial charge in [0.1, 0.15) is 10.9 Å². The lowest BCUT2D eigenvalue weighted by Gasteiger charge is -2.16. The van der Waals surface area contributed by atoms with E-state index in [2.05, 4.69) is 5.32 Å². The van der Waals surface area contributed by atoms with Crippen molar-refractivity contribution in [3.8, 4) is 0 Å². The number of benzene rings is 1. The topological polar surface area (TPSA) is 123 Å². The first-order valence-corrected chi connectivity index (χ1v) is 11.1. The minimum absolute atomic E-state index is 0.107. The number of carbonyl (C=O) groups excluding carboxylic acids is 1. The molecule has 4 aromatic rings. The molecule has 0 fully saturated rings. The Balaban J connectivity index is 1.84. The SMILES string of the molecule is Cc1cccn2c(=O)c3cc(C(=O)N[C@@H](C)c4ccccc4)c(N)[n+](CCOCCO)c3nc12. The van der Waals surface area contributed by atoms with E-state index in [0.29, 0.717) is 11.3 Å². The number of fused-ring (bicyclic) bond motifs is 2. The Hall–Kier alpha value is -3.82. The molecule has 0 aliphatic heterocycles. The zero-order valence-corrected chi connectivity index (χ0v) is 19.2. The van der Waals surface area contributed by atoms with E-state index in [0.717, 1.165) is 11.1 Å². The number of anilines is 1. The second-order valence-corrected chi connectivity index (χ2v) is 8.08. The molecule has 0 bridgehead atoms. The molecule has 3 heterocycles. The third kappa shape index (κ3) is 4.48. The molecule has 0 unspecified atom stereocenters. The van der Waals surface area contributed by atoms with Crippen LogP contribution in [-0.4, -0.2) is 40.2 Å². The van der Waals surface area contributed by atoms with Gasteiger partial charge in [-0.3, -0.25) is 14.0 Å². The summed E-state index contributed by atoms with van der Waals surface area (Å²) in [5, 5.41) is 12.2. The normalized spacial score (nSPS) is 12.2. The quantitative estimate of drug-likeness (QED) is 0.207. The van der Waals surface area contributed by atoms with E-state index in [1.165, 1.54) is 10.5 Å². The lowest BCUT2D eigenvalue weighted by atomic mass is 10.1. The number of hydrogen-bond donors (Lipinski definition) is 3. The minimum Gasteiger partial charge on any atom is -0.394 e. The lowest BCUT2D eigenvalue weighted by Crippen LogP contribution is -2.44. The molecule has 176 valence electrons. The van der Waals surface area contributed by atoms with Gasteiger partial charge in [0.25, 0.3) is 17.1 Å². The highest BCUT2D eigenvalue weighted by Gasteiger charge is 2.25. The van der Waals surface area contributed by atoms with Crippen molar-refractivity contribution in [3.05, 3.63) is 81.8 Å². The number of aryl methyl sites for hydroxylation is 1. The van der Waals surface area contributed by atoms with Gasteiger partial charge in [0.15, 0.2) is 0 Å². The predicted molar refractivity (Wildman–Crippen MR) is 129 cm³/mol. The van der Waals surface area contributed by atoms with Gasteiger partial charge in [-0.1, -0.05) is 41.4 Å². The number of hydrogen-bond acceptors (Lipinski definition) is 6. The van der Waals surface area contributed by atoms with E-state index < -0.39 is 5.91 Å². The van der Waals surface area contributed by atoms with E-state index in [-0.39, 0.29) is 54.7 Å². The van der Waals surface area contributed by atoms with Crippen LogP contribution in [0.15, 0.2) is 59.5 Å². The minimum atomic E-state index is -0.394. The van der Waals surface area contributed by atoms with Crippen LogP contribution in [0.4, 0.5) is 5.82 Å². The number of nitrogens with one attached hydrogen (secondary N) is 1. The standard InChI is InChI=1S/C25H27N5O4/c1-16-7-6-10-30-22(16)28-23-20(25(30)33)15-19(21(26)29(23)11-13-34-14-12-31)24(32)27-17(2)18-8-4-3-5-9-18/h3-10,15,17,26,31H,11-14H2,1-2H3,(H,27,32)/p+1/t17-/m0/s1. The molecule has 0 spiro atoms. The van der Waals surface area contributed by atoms with E-state index in [1.807, 2.05) is 50.2 Å². The van der Waals surface area contributed by atoms with Crippen molar-refractivity contribution >= 4 is 28.4 Å². The second kappa shape index (κ2) is 9.98. The van der Waals surface area contributed by atoms with Crippen molar-refractivity contribution in [2.75, 3.05) is 25.6 Å². The lowest BCUT2D eigenvalue weighted by molar-refractivity contribution is -0.660. The number of carbonyl (C=O) groups is 1. The first-order chi connectivity index (χ1) is 16.4. The molecule has 3 aromatic heterocycles. The Morgan fingerprint density at radius 2 is 2.00 bits per heavy atom. The van der Waals surface area contributed by atoms with Gasteiger partial charge in [-0.25, -0.2) is 4.57 Å². The first kappa shape index (κ1) is 23.3. The van der Waals surface area contributed by atoms with Crippen molar-refractivity contribution < 1.29 is 19.2 Å². The molecule has 0 aliphatic rings. The summed E-state index contributed by atoms with van der Waals surface area (Å²) in [5.41, 5.74) is 9.02. The fourth-order valence-corrected chi connectivity index (χ4v) is 3.94. The summed E-state index contributed by atoms with van der Waals surface area (Å²) in [6.45, 7) is 4.30. The summed E-state index contributed by atoms with van der Waals surface area (Å²) in [7, 11) is 0. The predicted octanol–water partition coefficient (Wildman–Crippen LogP) is 1.53. The Bertz CT molecular complexity index is 1400. The van der Waals surface area contributed by atoms with E-state index >= 15 is 0 Å². The van der Waals surface area contributed by atoms with E-state index in [1.54, 1.807) is 16.8 Å². The highest BCUT2D eigenvalue weighted by Crippen LogP contribution is 2.18. The molecule has 1 amide bonds. The molecule has 0 aliphatic carbocycles. The van der Waals surface area contributed by atoms with Crippen molar-refractivity contribution in [3.63, 3.8) is 0 Å². The van der Waals surface area contributed by atoms with Crippen molar-refractivity contribution in [2.45, 2.75) is 26.4 Å². The first-order valence-electron chi connectivity index (χ1n) is 11.1. The summed E-state index contributed by atoms with van der Waals surface area (Å²) in [5.74, 6) is -0.211. The molecular formula is C25H28N5O4+. The number of aliphatic hydroxyl groups excluding tert-OH is 1. The van der Waals surface area contributed by atoms with E-state index in [9.17, 15) is 9.59 Å². The number of aliphatic hydroxyl groups is 1. The fourth-order valence-electron chi connectivity index (χ4n) is 3.94. The molecule has 4 N–H and O–H groups in total. The number of rotatable bonds is 8. The third-order valence-electron chi connectivity index (χ3n) is 5.76. The number of aromatic nitrogens is 3. The molecular weight excluding hydrogens is 434 g/mol. The fraction of sp³-hybridized carbons (Fsp3) is 0.280. The smallest absolute Gasteiger partial charge is 0.278 e. The molecule has 1 atom stereocenters. The van der Waals surface area contributed by atoms with Crippen LogP contribution < -0.4 is 21.2 Å². The van der Waals surface area contributed by atoms with Gasteiger partial charge in [-0.2, -0.15) is 0 Å². The summed E-state index contributed by atoms with van der Waals surface area (Å²) in [6, 6.07) is 14.5. The molecule has 0 saturated heterocycles. The number of nitrogens with two attached hydrogens (primary N) is 1. The van der Waals surface area contributed by atoms with Gasteiger partial charge in [-0.05, 0) is 31.5 Å². The number of nitrogen functional groups attached to an aromatic ring is 1. The van der Waals surface area contributed by atoms with Crippen LogP contribution in [0.1, 0.15) is 34.5 Å². The number of nitrogens with zero attached hydrogens (tertiary/aromatic N) is 3. The zero-order chi connectivity index (χ0) is 24.2. The van der Waals surface area contributed by atoms with Crippen LogP contribution >= 0.6 is 0 Å². The highest BCUT2D eigenvalue weighted by molar-refractivity contribution is 6.00. The third-order valence-corrected chi connectivity index (χ3v) is 5.76. The maximum absolute atomic E-state index is 13.4. The van der Waals surface area contributed by atoms with Crippen LogP contribution in [0.3, 0.4) is 0 Å². The molecule has 1 aromatic carbocycles. The summed E-state index contributed by atoms with van der Waals surface area (Å²) in [4.78, 5) is 31.3. The largest absolute Gasteiger partial charge is 0.394 e. The maximum atomic E-state index is 13.4. The van der Waals surface area contributed by atoms with Crippen molar-refractivity contribution in [1.82, 2.24) is 14.7 Å². The number of ether oxygens (including phenoxy) is 1. The Morgan fingerprint density at radius 3 is 2.74 bits per heavy atom. The molecule has 9 nitrogen and oxygen atoms in total. The number of pyridine rings is 2. The zero-order valence-electron chi connectivity index (χ0n) is 19.2. The van der Waals surface area contributed by atoms with Crippen LogP contribution in [-0.2, 0) is 11.3 Å². The molecule has 34 heavy (non-hydrogen) atoms. The van der Waals surface area contributed by atoms with Gasteiger partial charge in [-0.15, -0.1) is 0 Å². The Kier molecular flexibility index (Phi) is 6.85. The number of amides is 1. The van der Waals surface area contributed by atoms with Crippen LogP contribution in [0.2, 0.25) is 0 Å². The van der Waals surface area contributed by atoms with Gasteiger partial charge < -0.3 is 20.9 Å². The average molecular weight is 463 g/mol. The molecule has 4 rings (SSSR count). The molecule has 0 saturated carbocycles. The van der Waals surface area contributed by atoms with Crippen molar-refractivity contribution in [2.24, 2.45) is 0 Å². The van der Waals surface area contributed by atoms with Crippen LogP contribution in [0.25, 0.3) is 16.7 Å². The Labute approximate surface area is 196 Å². The van der Waals surface area contributed by atoms with Crippen molar-refractivity contribution in [1.29, 1.82) is 0 Å². The maximum Gasteiger partial charge on any atom is 0.278 e. The summed E-state index contributed by atoms with van der Waals surface area (Å²) >= 11 is 0.